The van der Waals surface area contributed by atoms with Crippen molar-refractivity contribution in [3.05, 3.63) is 28.8 Å². The molecule has 20 heavy (non-hydrogen) atoms. The molecule has 2 aliphatic rings. The lowest BCUT2D eigenvalue weighted by atomic mass is 10.1. The molecule has 3 rings (SSSR count). The molecule has 110 valence electrons. The maximum Gasteiger partial charge on any atom is 0.0471 e. The Hall–Kier alpha value is -0.730. The van der Waals surface area contributed by atoms with E-state index in [1.54, 1.807) is 0 Å². The van der Waals surface area contributed by atoms with Gasteiger partial charge in [-0.15, -0.1) is 0 Å². The molecule has 0 aromatic heterocycles. The van der Waals surface area contributed by atoms with Crippen LogP contribution in [0.25, 0.3) is 0 Å². The fraction of sp³-hybridized carbons (Fsp3) is 0.647. The number of hydrogen-bond donors (Lipinski definition) is 1. The number of fused-ring (bicyclic) bond motifs is 2. The lowest BCUT2D eigenvalue weighted by Crippen LogP contribution is -2.31. The molecule has 0 amide bonds. The average molecular weight is 293 g/mol. The Balaban J connectivity index is 1.65. The third kappa shape index (κ3) is 2.96. The third-order valence-electron chi connectivity index (χ3n) is 4.65. The standard InChI is InChI=1S/C17H25ClN2/c1-12(2)9-19-10-14-4-6-16(8-17(14)18)20-11-13-3-5-15(20)7-13/h4,6,8,12-13,15,19H,3,5,7,9-11H2,1-2H3. The molecule has 3 heteroatoms. The zero-order chi connectivity index (χ0) is 14.1. The van der Waals surface area contributed by atoms with Crippen molar-refractivity contribution >= 4 is 17.3 Å². The van der Waals surface area contributed by atoms with E-state index in [4.69, 9.17) is 11.6 Å². The quantitative estimate of drug-likeness (QED) is 0.880. The van der Waals surface area contributed by atoms with Crippen LogP contribution in [0.4, 0.5) is 5.69 Å². The molecular formula is C17H25ClN2. The SMILES string of the molecule is CC(C)CNCc1ccc(N2CC3CCC2C3)cc1Cl. The first-order valence-corrected chi connectivity index (χ1v) is 8.27. The Morgan fingerprint density at radius 3 is 2.80 bits per heavy atom. The first kappa shape index (κ1) is 14.2. The van der Waals surface area contributed by atoms with Gasteiger partial charge in [-0.3, -0.25) is 0 Å². The zero-order valence-corrected chi connectivity index (χ0v) is 13.3. The van der Waals surface area contributed by atoms with Gasteiger partial charge in [-0.25, -0.2) is 0 Å². The van der Waals surface area contributed by atoms with Crippen molar-refractivity contribution in [3.8, 4) is 0 Å². The predicted octanol–water partition coefficient (Wildman–Crippen LogP) is 4.07. The van der Waals surface area contributed by atoms with Gasteiger partial charge in [-0.05, 0) is 55.3 Å². The second-order valence-corrected chi connectivity index (χ2v) is 7.19. The lowest BCUT2D eigenvalue weighted by molar-refractivity contribution is 0.551. The highest BCUT2D eigenvalue weighted by atomic mass is 35.5. The molecule has 2 unspecified atom stereocenters. The van der Waals surface area contributed by atoms with Crippen LogP contribution < -0.4 is 10.2 Å². The van der Waals surface area contributed by atoms with Crippen LogP contribution in [-0.4, -0.2) is 19.1 Å². The van der Waals surface area contributed by atoms with Gasteiger partial charge in [0.25, 0.3) is 0 Å². The summed E-state index contributed by atoms with van der Waals surface area (Å²) in [5.41, 5.74) is 2.52. The van der Waals surface area contributed by atoms with Crippen molar-refractivity contribution < 1.29 is 0 Å². The normalized spacial score (nSPS) is 24.9. The molecule has 1 aromatic rings. The smallest absolute Gasteiger partial charge is 0.0471 e. The summed E-state index contributed by atoms with van der Waals surface area (Å²) in [4.78, 5) is 2.56. The molecule has 2 atom stereocenters. The van der Waals surface area contributed by atoms with E-state index in [1.165, 1.54) is 37.1 Å². The Labute approximate surface area is 127 Å². The topological polar surface area (TPSA) is 15.3 Å². The van der Waals surface area contributed by atoms with Crippen LogP contribution in [0.1, 0.15) is 38.7 Å². The Morgan fingerprint density at radius 2 is 2.20 bits per heavy atom. The summed E-state index contributed by atoms with van der Waals surface area (Å²) in [6.07, 6.45) is 4.17. The van der Waals surface area contributed by atoms with E-state index < -0.39 is 0 Å². The number of anilines is 1. The van der Waals surface area contributed by atoms with Gasteiger partial charge >= 0.3 is 0 Å². The predicted molar refractivity (Wildman–Crippen MR) is 86.5 cm³/mol. The summed E-state index contributed by atoms with van der Waals surface area (Å²) in [7, 11) is 0. The van der Waals surface area contributed by atoms with Gasteiger partial charge < -0.3 is 10.2 Å². The first-order chi connectivity index (χ1) is 9.63. The van der Waals surface area contributed by atoms with Crippen LogP contribution in [0.3, 0.4) is 0 Å². The lowest BCUT2D eigenvalue weighted by Gasteiger charge is -2.29. The minimum absolute atomic E-state index is 0.674. The van der Waals surface area contributed by atoms with Crippen molar-refractivity contribution in [1.29, 1.82) is 0 Å². The van der Waals surface area contributed by atoms with E-state index in [0.29, 0.717) is 5.92 Å². The molecule has 1 saturated heterocycles. The van der Waals surface area contributed by atoms with Gasteiger partial charge in [0.1, 0.15) is 0 Å². The fourth-order valence-corrected chi connectivity index (χ4v) is 3.84. The van der Waals surface area contributed by atoms with E-state index in [9.17, 15) is 0 Å². The molecule has 2 bridgehead atoms. The molecule has 0 radical (unpaired) electrons. The molecule has 2 fully saturated rings. The molecular weight excluding hydrogens is 268 g/mol. The number of benzene rings is 1. The molecule has 2 nitrogen and oxygen atoms in total. The second-order valence-electron chi connectivity index (χ2n) is 6.79. The number of rotatable bonds is 5. The van der Waals surface area contributed by atoms with E-state index in [-0.39, 0.29) is 0 Å². The third-order valence-corrected chi connectivity index (χ3v) is 5.00. The van der Waals surface area contributed by atoms with E-state index in [2.05, 4.69) is 42.3 Å². The second kappa shape index (κ2) is 5.95. The Bertz CT molecular complexity index is 472. The molecule has 1 heterocycles. The number of nitrogens with one attached hydrogen (secondary N) is 1. The van der Waals surface area contributed by atoms with Crippen molar-refractivity contribution in [2.24, 2.45) is 11.8 Å². The maximum atomic E-state index is 6.46. The van der Waals surface area contributed by atoms with Crippen LogP contribution in [-0.2, 0) is 6.54 Å². The van der Waals surface area contributed by atoms with Crippen LogP contribution in [0, 0.1) is 11.8 Å². The largest absolute Gasteiger partial charge is 0.368 e. The average Bonchev–Trinajstić information content (AvgIpc) is 3.02. The Kier molecular flexibility index (Phi) is 4.23. The fourth-order valence-electron chi connectivity index (χ4n) is 3.59. The summed E-state index contributed by atoms with van der Waals surface area (Å²) in [5, 5.41) is 4.36. The molecule has 1 aliphatic carbocycles. The van der Waals surface area contributed by atoms with Gasteiger partial charge in [0.2, 0.25) is 0 Å². The zero-order valence-electron chi connectivity index (χ0n) is 12.5. The number of piperidine rings is 1. The van der Waals surface area contributed by atoms with Crippen LogP contribution in [0.5, 0.6) is 0 Å². The molecule has 1 saturated carbocycles. The van der Waals surface area contributed by atoms with Gasteiger partial charge in [0.05, 0.1) is 0 Å². The van der Waals surface area contributed by atoms with E-state index in [0.717, 1.165) is 30.1 Å². The highest BCUT2D eigenvalue weighted by Crippen LogP contribution is 2.40. The van der Waals surface area contributed by atoms with Crippen molar-refractivity contribution in [3.63, 3.8) is 0 Å². The van der Waals surface area contributed by atoms with E-state index >= 15 is 0 Å². The van der Waals surface area contributed by atoms with Gasteiger partial charge in [-0.2, -0.15) is 0 Å². The summed E-state index contributed by atoms with van der Waals surface area (Å²) < 4.78 is 0. The van der Waals surface area contributed by atoms with Crippen molar-refractivity contribution in [2.45, 2.75) is 45.7 Å². The molecule has 0 spiro atoms. The van der Waals surface area contributed by atoms with Crippen molar-refractivity contribution in [2.75, 3.05) is 18.0 Å². The highest BCUT2D eigenvalue weighted by molar-refractivity contribution is 6.31. The maximum absolute atomic E-state index is 6.46. The van der Waals surface area contributed by atoms with E-state index in [1.807, 2.05) is 0 Å². The summed E-state index contributed by atoms with van der Waals surface area (Å²) in [6.45, 7) is 7.57. The van der Waals surface area contributed by atoms with Gasteiger partial charge in [0.15, 0.2) is 0 Å². The van der Waals surface area contributed by atoms with Crippen LogP contribution in [0.15, 0.2) is 18.2 Å². The van der Waals surface area contributed by atoms with Gasteiger partial charge in [0, 0.05) is 29.8 Å². The summed E-state index contributed by atoms with van der Waals surface area (Å²) in [5.74, 6) is 1.60. The summed E-state index contributed by atoms with van der Waals surface area (Å²) in [6, 6.07) is 7.37. The molecule has 1 aromatic carbocycles. The van der Waals surface area contributed by atoms with Crippen LogP contribution in [0.2, 0.25) is 5.02 Å². The number of nitrogens with zero attached hydrogens (tertiary/aromatic N) is 1. The molecule has 1 N–H and O–H groups in total. The van der Waals surface area contributed by atoms with Crippen LogP contribution >= 0.6 is 11.6 Å². The minimum Gasteiger partial charge on any atom is -0.368 e. The van der Waals surface area contributed by atoms with Gasteiger partial charge in [-0.1, -0.05) is 31.5 Å². The number of hydrogen-bond acceptors (Lipinski definition) is 2. The molecule has 1 aliphatic heterocycles. The first-order valence-electron chi connectivity index (χ1n) is 7.89. The minimum atomic E-state index is 0.674. The highest BCUT2D eigenvalue weighted by Gasteiger charge is 2.37. The van der Waals surface area contributed by atoms with Crippen molar-refractivity contribution in [1.82, 2.24) is 5.32 Å². The monoisotopic (exact) mass is 292 g/mol. The number of halogens is 1. The summed E-state index contributed by atoms with van der Waals surface area (Å²) >= 11 is 6.46. The Morgan fingerprint density at radius 1 is 1.35 bits per heavy atom.